The van der Waals surface area contributed by atoms with Crippen LogP contribution in [0.25, 0.3) is 0 Å². The van der Waals surface area contributed by atoms with Gasteiger partial charge in [0.15, 0.2) is 0 Å². The summed E-state index contributed by atoms with van der Waals surface area (Å²) in [4.78, 5) is 5.09. The van der Waals surface area contributed by atoms with Gasteiger partial charge >= 0.3 is 0 Å². The van der Waals surface area contributed by atoms with Crippen molar-refractivity contribution in [2.75, 3.05) is 52.4 Å². The Balaban J connectivity index is 1.63. The molecule has 2 rings (SSSR count). The van der Waals surface area contributed by atoms with E-state index in [-0.39, 0.29) is 0 Å². The van der Waals surface area contributed by atoms with E-state index in [2.05, 4.69) is 34.2 Å². The van der Waals surface area contributed by atoms with Gasteiger partial charge in [-0.25, -0.2) is 0 Å². The van der Waals surface area contributed by atoms with Crippen LogP contribution in [0.3, 0.4) is 0 Å². The van der Waals surface area contributed by atoms with E-state index < -0.39 is 0 Å². The zero-order valence-electron chi connectivity index (χ0n) is 11.2. The minimum atomic E-state index is 0.834. The van der Waals surface area contributed by atoms with Gasteiger partial charge in [-0.05, 0) is 38.4 Å². The molecule has 3 nitrogen and oxygen atoms in total. The highest BCUT2D eigenvalue weighted by Crippen LogP contribution is 2.17. The molecular formula is C14H27N3. The van der Waals surface area contributed by atoms with E-state index in [4.69, 9.17) is 0 Å². The van der Waals surface area contributed by atoms with Crippen LogP contribution in [0.2, 0.25) is 0 Å². The SMILES string of the molecule is CCN1CCC(/C=C\CN2CCNCC2)CC1. The molecule has 0 unspecified atom stereocenters. The molecule has 2 heterocycles. The highest BCUT2D eigenvalue weighted by molar-refractivity contribution is 4.93. The van der Waals surface area contributed by atoms with Gasteiger partial charge in [-0.3, -0.25) is 4.90 Å². The van der Waals surface area contributed by atoms with Crippen LogP contribution in [0.4, 0.5) is 0 Å². The second-order valence-corrected chi connectivity index (χ2v) is 5.25. The van der Waals surface area contributed by atoms with E-state index in [1.54, 1.807) is 0 Å². The highest BCUT2D eigenvalue weighted by Gasteiger charge is 2.15. The third-order valence-corrected chi connectivity index (χ3v) is 4.06. The molecule has 98 valence electrons. The van der Waals surface area contributed by atoms with Crippen molar-refractivity contribution in [2.45, 2.75) is 19.8 Å². The van der Waals surface area contributed by atoms with Crippen molar-refractivity contribution < 1.29 is 0 Å². The topological polar surface area (TPSA) is 18.5 Å². The van der Waals surface area contributed by atoms with Crippen LogP contribution in [0.15, 0.2) is 12.2 Å². The van der Waals surface area contributed by atoms with Crippen LogP contribution in [-0.2, 0) is 0 Å². The predicted octanol–water partition coefficient (Wildman–Crippen LogP) is 1.18. The smallest absolute Gasteiger partial charge is 0.0164 e. The molecule has 0 radical (unpaired) electrons. The van der Waals surface area contributed by atoms with Gasteiger partial charge in [0.2, 0.25) is 0 Å². The average molecular weight is 237 g/mol. The van der Waals surface area contributed by atoms with Crippen LogP contribution in [0.1, 0.15) is 19.8 Å². The van der Waals surface area contributed by atoms with E-state index >= 15 is 0 Å². The van der Waals surface area contributed by atoms with Crippen molar-refractivity contribution in [3.63, 3.8) is 0 Å². The van der Waals surface area contributed by atoms with Crippen molar-refractivity contribution in [3.8, 4) is 0 Å². The number of piperazine rings is 1. The van der Waals surface area contributed by atoms with Crippen LogP contribution in [0, 0.1) is 5.92 Å². The summed E-state index contributed by atoms with van der Waals surface area (Å²) in [6, 6.07) is 0. The highest BCUT2D eigenvalue weighted by atomic mass is 15.2. The number of hydrogen-bond acceptors (Lipinski definition) is 3. The maximum atomic E-state index is 3.39. The molecule has 0 bridgehead atoms. The first kappa shape index (κ1) is 13.1. The molecule has 2 aliphatic rings. The number of allylic oxidation sites excluding steroid dienone is 1. The Morgan fingerprint density at radius 1 is 1.06 bits per heavy atom. The molecule has 0 aliphatic carbocycles. The molecule has 17 heavy (non-hydrogen) atoms. The maximum absolute atomic E-state index is 3.39. The molecule has 0 aromatic carbocycles. The van der Waals surface area contributed by atoms with Gasteiger partial charge in [-0.2, -0.15) is 0 Å². The van der Waals surface area contributed by atoms with Crippen LogP contribution >= 0.6 is 0 Å². The van der Waals surface area contributed by atoms with Crippen molar-refractivity contribution in [1.82, 2.24) is 15.1 Å². The Morgan fingerprint density at radius 2 is 1.76 bits per heavy atom. The van der Waals surface area contributed by atoms with Gasteiger partial charge in [0.25, 0.3) is 0 Å². The third-order valence-electron chi connectivity index (χ3n) is 4.06. The Kier molecular flexibility index (Phi) is 5.49. The minimum Gasteiger partial charge on any atom is -0.314 e. The standard InChI is InChI=1S/C14H27N3/c1-2-16-10-5-14(6-11-16)4-3-9-17-12-7-15-8-13-17/h3-4,14-15H,2,5-13H2,1H3/b4-3-. The molecule has 2 aliphatic heterocycles. The maximum Gasteiger partial charge on any atom is 0.0164 e. The van der Waals surface area contributed by atoms with Gasteiger partial charge in [-0.1, -0.05) is 19.1 Å². The summed E-state index contributed by atoms with van der Waals surface area (Å²) in [6.45, 7) is 11.9. The number of nitrogens with one attached hydrogen (secondary N) is 1. The number of likely N-dealkylation sites (tertiary alicyclic amines) is 1. The number of rotatable bonds is 4. The van der Waals surface area contributed by atoms with E-state index in [0.717, 1.165) is 25.6 Å². The van der Waals surface area contributed by atoms with E-state index in [0.29, 0.717) is 0 Å². The van der Waals surface area contributed by atoms with Gasteiger partial charge in [0.1, 0.15) is 0 Å². The first-order valence-corrected chi connectivity index (χ1v) is 7.20. The number of piperidine rings is 1. The van der Waals surface area contributed by atoms with E-state index in [9.17, 15) is 0 Å². The minimum absolute atomic E-state index is 0.834. The summed E-state index contributed by atoms with van der Waals surface area (Å²) in [6.07, 6.45) is 7.57. The Morgan fingerprint density at radius 3 is 2.41 bits per heavy atom. The lowest BCUT2D eigenvalue weighted by molar-refractivity contribution is 0.212. The van der Waals surface area contributed by atoms with Crippen molar-refractivity contribution >= 4 is 0 Å². The van der Waals surface area contributed by atoms with E-state index in [1.807, 2.05) is 0 Å². The summed E-state index contributed by atoms with van der Waals surface area (Å²) in [7, 11) is 0. The lowest BCUT2D eigenvalue weighted by Gasteiger charge is -2.30. The largest absolute Gasteiger partial charge is 0.314 e. The Bertz CT molecular complexity index is 226. The van der Waals surface area contributed by atoms with Gasteiger partial charge in [0.05, 0.1) is 0 Å². The molecule has 0 amide bonds. The average Bonchev–Trinajstić information content (AvgIpc) is 2.41. The fourth-order valence-corrected chi connectivity index (χ4v) is 2.76. The molecular weight excluding hydrogens is 210 g/mol. The molecule has 1 N–H and O–H groups in total. The molecule has 0 spiro atoms. The summed E-state index contributed by atoms with van der Waals surface area (Å²) in [5, 5.41) is 3.39. The Labute approximate surface area is 106 Å². The summed E-state index contributed by atoms with van der Waals surface area (Å²) < 4.78 is 0. The lowest BCUT2D eigenvalue weighted by Crippen LogP contribution is -2.43. The monoisotopic (exact) mass is 237 g/mol. The quantitative estimate of drug-likeness (QED) is 0.741. The molecule has 3 heteroatoms. The number of hydrogen-bond donors (Lipinski definition) is 1. The summed E-state index contributed by atoms with van der Waals surface area (Å²) >= 11 is 0. The molecule has 2 saturated heterocycles. The fourth-order valence-electron chi connectivity index (χ4n) is 2.76. The van der Waals surface area contributed by atoms with Crippen LogP contribution in [-0.4, -0.2) is 62.2 Å². The first-order chi connectivity index (χ1) is 8.38. The second-order valence-electron chi connectivity index (χ2n) is 5.25. The molecule has 0 aromatic heterocycles. The van der Waals surface area contributed by atoms with Crippen molar-refractivity contribution in [2.24, 2.45) is 5.92 Å². The zero-order chi connectivity index (χ0) is 11.9. The second kappa shape index (κ2) is 7.14. The van der Waals surface area contributed by atoms with Gasteiger partial charge in [0, 0.05) is 32.7 Å². The zero-order valence-corrected chi connectivity index (χ0v) is 11.2. The first-order valence-electron chi connectivity index (χ1n) is 7.20. The molecule has 0 aromatic rings. The van der Waals surface area contributed by atoms with Crippen molar-refractivity contribution in [3.05, 3.63) is 12.2 Å². The molecule has 2 fully saturated rings. The van der Waals surface area contributed by atoms with Crippen molar-refractivity contribution in [1.29, 1.82) is 0 Å². The van der Waals surface area contributed by atoms with E-state index in [1.165, 1.54) is 45.6 Å². The van der Waals surface area contributed by atoms with Gasteiger partial charge in [-0.15, -0.1) is 0 Å². The predicted molar refractivity (Wildman–Crippen MR) is 73.3 cm³/mol. The Hall–Kier alpha value is -0.380. The molecule has 0 atom stereocenters. The summed E-state index contributed by atoms with van der Waals surface area (Å²) in [5.74, 6) is 0.834. The van der Waals surface area contributed by atoms with Crippen LogP contribution < -0.4 is 5.32 Å². The van der Waals surface area contributed by atoms with Gasteiger partial charge < -0.3 is 10.2 Å². The number of nitrogens with zero attached hydrogens (tertiary/aromatic N) is 2. The van der Waals surface area contributed by atoms with Crippen LogP contribution in [0.5, 0.6) is 0 Å². The fraction of sp³-hybridized carbons (Fsp3) is 0.857. The normalized spacial score (nSPS) is 25.7. The lowest BCUT2D eigenvalue weighted by atomic mass is 9.96. The molecule has 0 saturated carbocycles. The third kappa shape index (κ3) is 4.41. The summed E-state index contributed by atoms with van der Waals surface area (Å²) in [5.41, 5.74) is 0.